The fourth-order valence-electron chi connectivity index (χ4n) is 12.6. The average molecular weight is 1150 g/mol. The Hall–Kier alpha value is -7.95. The summed E-state index contributed by atoms with van der Waals surface area (Å²) in [5.41, 5.74) is 20.9. The molecule has 0 aliphatic carbocycles. The highest BCUT2D eigenvalue weighted by Crippen LogP contribution is 2.33. The highest BCUT2D eigenvalue weighted by atomic mass is 32.1. The van der Waals surface area contributed by atoms with Crippen molar-refractivity contribution in [2.45, 2.75) is 119 Å². The lowest BCUT2D eigenvalue weighted by Crippen LogP contribution is -2.20. The van der Waals surface area contributed by atoms with Gasteiger partial charge in [-0.2, -0.15) is 0 Å². The van der Waals surface area contributed by atoms with E-state index in [1.807, 2.05) is 34.0 Å². The third-order valence-electron chi connectivity index (χ3n) is 16.4. The molecule has 0 atom stereocenters. The topological polar surface area (TPSA) is 84.5 Å². The molecule has 0 unspecified atom stereocenters. The number of aliphatic imine (C=N–C) groups is 3. The minimum absolute atomic E-state index is 0.925. The van der Waals surface area contributed by atoms with Crippen LogP contribution >= 0.6 is 34.0 Å². The number of aryl methyl sites for hydroxylation is 3. The Balaban J connectivity index is 1.18. The van der Waals surface area contributed by atoms with Crippen LogP contribution in [0.4, 0.5) is 0 Å². The number of benzene rings is 3. The molecule has 0 spiro atoms. The minimum atomic E-state index is 0.925. The van der Waals surface area contributed by atoms with E-state index in [0.717, 1.165) is 190 Å². The van der Waals surface area contributed by atoms with Crippen molar-refractivity contribution in [2.24, 2.45) is 15.0 Å². The molecule has 84 heavy (non-hydrogen) atoms. The molecule has 6 aromatic heterocycles. The number of rotatable bonds is 15. The van der Waals surface area contributed by atoms with Crippen LogP contribution < -0.4 is 29.6 Å². The molecule has 9 heteroatoms. The first kappa shape index (κ1) is 55.3. The van der Waals surface area contributed by atoms with Gasteiger partial charge in [0.05, 0.1) is 93.5 Å². The van der Waals surface area contributed by atoms with E-state index in [2.05, 4.69) is 220 Å². The molecule has 9 aromatic rings. The van der Waals surface area contributed by atoms with Gasteiger partial charge in [-0.25, -0.2) is 15.0 Å². The van der Waals surface area contributed by atoms with Crippen LogP contribution in [0.1, 0.15) is 133 Å². The van der Waals surface area contributed by atoms with Gasteiger partial charge in [0.2, 0.25) is 0 Å². The van der Waals surface area contributed by atoms with E-state index in [1.54, 1.807) is 0 Å². The van der Waals surface area contributed by atoms with Crippen LogP contribution in [-0.2, 0) is 19.3 Å². The van der Waals surface area contributed by atoms with E-state index in [-0.39, 0.29) is 0 Å². The first-order valence-corrected chi connectivity index (χ1v) is 33.1. The summed E-state index contributed by atoms with van der Waals surface area (Å²) >= 11 is 5.46. The number of hydrogen-bond acceptors (Lipinski definition) is 6. The van der Waals surface area contributed by atoms with Crippen molar-refractivity contribution in [1.82, 2.24) is 15.0 Å². The molecule has 0 radical (unpaired) electrons. The maximum atomic E-state index is 5.72. The van der Waals surface area contributed by atoms with Gasteiger partial charge in [0.25, 0.3) is 0 Å². The summed E-state index contributed by atoms with van der Waals surface area (Å²) in [5.74, 6) is 0. The first-order chi connectivity index (χ1) is 41.3. The molecule has 3 N–H and O–H groups in total. The van der Waals surface area contributed by atoms with Gasteiger partial charge >= 0.3 is 0 Å². The van der Waals surface area contributed by atoms with Crippen molar-refractivity contribution >= 4 is 85.0 Å². The summed E-state index contributed by atoms with van der Waals surface area (Å²) < 4.78 is 7.06. The van der Waals surface area contributed by atoms with Gasteiger partial charge in [-0.1, -0.05) is 171 Å². The maximum absolute atomic E-state index is 5.72. The van der Waals surface area contributed by atoms with Crippen LogP contribution in [0, 0.1) is 29.6 Å². The van der Waals surface area contributed by atoms with Gasteiger partial charge in [-0.3, -0.25) is 0 Å². The Morgan fingerprint density at radius 1 is 0.310 bits per heavy atom. The molecule has 4 aliphatic rings. The second-order valence-corrected chi connectivity index (χ2v) is 25.8. The normalized spacial score (nSPS) is 14.9. The molecule has 4 aliphatic heterocycles. The Labute approximate surface area is 503 Å². The standard InChI is InChI=1S/C75H72N6S3/c1-7-22-49-40-55-61-34-35-62(82-61)57-42-51(24-9-3)72(78-57)68(47-30-18-14-19-31-47)73-53(26-11-5)44-59(80-73)65-38-39-66(84-65)60-45-54(27-12-6)75(81-60)69(48-32-20-15-21-33-48)74-52(25-10-4)43-58(79-74)64-37-36-63(83-64)56-41-50(23-8-2)71(77-56)67(70(49)76-55)46-28-16-13-17-29-46/h13-21,28-45,76,79-80H,7-12,22-27H2,1-6H3. The maximum Gasteiger partial charge on any atom is 0.0813 e. The van der Waals surface area contributed by atoms with Gasteiger partial charge in [0, 0.05) is 16.7 Å². The zero-order valence-corrected chi connectivity index (χ0v) is 51.6. The molecule has 420 valence electrons. The predicted molar refractivity (Wildman–Crippen MR) is 356 cm³/mol. The number of aromatic nitrogens is 3. The number of allylic oxidation sites excluding steroid dienone is 3. The molecular formula is C75H72N6S3. The van der Waals surface area contributed by atoms with Crippen molar-refractivity contribution in [3.8, 4) is 0 Å². The van der Waals surface area contributed by atoms with E-state index < -0.39 is 0 Å². The Bertz CT molecular complexity index is 4450. The summed E-state index contributed by atoms with van der Waals surface area (Å²) in [6.07, 6.45) is 18.8. The largest absolute Gasteiger partial charge is 0.354 e. The van der Waals surface area contributed by atoms with Crippen LogP contribution in [0.15, 0.2) is 196 Å². The zero-order valence-electron chi connectivity index (χ0n) is 49.1. The fraction of sp³-hybridized carbons (Fsp3) is 0.240. The number of fused-ring (bicyclic) bond motifs is 15. The van der Waals surface area contributed by atoms with Crippen molar-refractivity contribution in [2.75, 3.05) is 0 Å². The Kier molecular flexibility index (Phi) is 16.0. The third kappa shape index (κ3) is 10.6. The highest BCUT2D eigenvalue weighted by molar-refractivity contribution is 7.08. The van der Waals surface area contributed by atoms with Crippen molar-refractivity contribution in [3.63, 3.8) is 0 Å². The number of nitrogens with zero attached hydrogens (tertiary/aromatic N) is 3. The van der Waals surface area contributed by atoms with Gasteiger partial charge in [-0.05, 0) is 161 Å². The van der Waals surface area contributed by atoms with Crippen LogP contribution in [0.3, 0.4) is 0 Å². The molecule has 0 fully saturated rings. The molecule has 6 nitrogen and oxygen atoms in total. The van der Waals surface area contributed by atoms with Gasteiger partial charge in [0.15, 0.2) is 0 Å². The molecular weight excluding hydrogens is 1080 g/mol. The van der Waals surface area contributed by atoms with Gasteiger partial charge in [0.1, 0.15) is 0 Å². The number of nitrogens with one attached hydrogen (secondary N) is 3. The Morgan fingerprint density at radius 3 is 0.833 bits per heavy atom. The van der Waals surface area contributed by atoms with Crippen molar-refractivity contribution in [3.05, 3.63) is 273 Å². The van der Waals surface area contributed by atoms with Crippen LogP contribution in [0.5, 0.6) is 0 Å². The summed E-state index contributed by atoms with van der Waals surface area (Å²) in [5, 5.41) is 6.82. The van der Waals surface area contributed by atoms with E-state index in [9.17, 15) is 0 Å². The second-order valence-electron chi connectivity index (χ2n) is 22.5. The van der Waals surface area contributed by atoms with Crippen LogP contribution in [0.2, 0.25) is 0 Å². The average Bonchev–Trinajstić information content (AvgIpc) is 4.49. The molecule has 0 saturated carbocycles. The third-order valence-corrected chi connectivity index (χ3v) is 19.8. The molecule has 13 rings (SSSR count). The molecule has 3 aromatic carbocycles. The summed E-state index contributed by atoms with van der Waals surface area (Å²) in [7, 11) is 0. The van der Waals surface area contributed by atoms with Crippen LogP contribution in [-0.4, -0.2) is 32.1 Å². The molecule has 10 heterocycles. The van der Waals surface area contributed by atoms with E-state index >= 15 is 0 Å². The summed E-state index contributed by atoms with van der Waals surface area (Å²) in [6, 6.07) is 53.8. The van der Waals surface area contributed by atoms with Crippen molar-refractivity contribution < 1.29 is 0 Å². The quantitative estimate of drug-likeness (QED) is 0.0914. The second kappa shape index (κ2) is 24.3. The number of aromatic amines is 3. The fourth-order valence-corrected chi connectivity index (χ4v) is 15.4. The minimum Gasteiger partial charge on any atom is -0.354 e. The van der Waals surface area contributed by atoms with Crippen molar-refractivity contribution in [1.29, 1.82) is 0 Å². The first-order valence-electron chi connectivity index (χ1n) is 30.6. The summed E-state index contributed by atoms with van der Waals surface area (Å²) in [4.78, 5) is 29.4. The monoisotopic (exact) mass is 1150 g/mol. The Morgan fingerprint density at radius 2 is 0.571 bits per heavy atom. The molecule has 0 amide bonds. The number of H-pyrrole nitrogens is 3. The van der Waals surface area contributed by atoms with Crippen LogP contribution in [0.25, 0.3) is 33.8 Å². The SMILES string of the molecule is CCCC1=CC2=c3ccc(s3)=c3cc(CCC)c([nH]3)=C(c3ccccc3)C3=NC(=c4ccc(s4)=c4cc(CCC)c([nH]4)=C(c4ccccc4)C4=NC(=c5ccc(s5)=c5cc(CCC)c([nH]5)=C(c5ccccc5)C1=N2)C=C4CCC)C=C3CCC. The molecule has 18 bridgehead atoms. The summed E-state index contributed by atoms with van der Waals surface area (Å²) in [6.45, 7) is 13.7. The highest BCUT2D eigenvalue weighted by Gasteiger charge is 2.27. The number of hydrogen-bond donors (Lipinski definition) is 3. The lowest BCUT2D eigenvalue weighted by Gasteiger charge is -2.12. The van der Waals surface area contributed by atoms with Gasteiger partial charge in [-0.15, -0.1) is 34.0 Å². The van der Waals surface area contributed by atoms with E-state index in [1.165, 1.54) is 47.0 Å². The molecule has 0 saturated heterocycles. The lowest BCUT2D eigenvalue weighted by atomic mass is 9.93. The number of thiophene rings is 3. The smallest absolute Gasteiger partial charge is 0.0813 e. The van der Waals surface area contributed by atoms with Gasteiger partial charge < -0.3 is 15.0 Å². The predicted octanol–water partition coefficient (Wildman–Crippen LogP) is 14.5. The zero-order chi connectivity index (χ0) is 57.3. The lowest BCUT2D eigenvalue weighted by molar-refractivity contribution is 0.914. The van der Waals surface area contributed by atoms with E-state index in [0.29, 0.717) is 0 Å². The van der Waals surface area contributed by atoms with E-state index in [4.69, 9.17) is 15.0 Å².